The first-order valence-electron chi connectivity index (χ1n) is 12.1. The molecule has 1 N–H and O–H groups in total. The molecule has 0 aliphatic heterocycles. The fourth-order valence-corrected chi connectivity index (χ4v) is 5.20. The fraction of sp³-hybridized carbons (Fsp3) is 0.161. The molecule has 168 valence electrons. The minimum absolute atomic E-state index is 0.917. The number of allylic oxidation sites excluding steroid dienone is 3. The van der Waals surface area contributed by atoms with Gasteiger partial charge < -0.3 is 14.3 Å². The molecule has 5 aromatic rings. The summed E-state index contributed by atoms with van der Waals surface area (Å²) in [4.78, 5) is 0. The molecule has 1 aliphatic carbocycles. The first-order chi connectivity index (χ1) is 16.8. The second-order valence-electron chi connectivity index (χ2n) is 8.88. The third kappa shape index (κ3) is 3.28. The maximum Gasteiger partial charge on any atom is 0.138 e. The Labute approximate surface area is 199 Å². The molecule has 0 fully saturated rings. The molecule has 1 aliphatic rings. The number of aromatic nitrogens is 1. The van der Waals surface area contributed by atoms with E-state index in [1.807, 2.05) is 18.3 Å². The summed E-state index contributed by atoms with van der Waals surface area (Å²) in [7, 11) is 2.17. The number of hydrogen-bond donors (Lipinski definition) is 1. The van der Waals surface area contributed by atoms with Gasteiger partial charge in [0, 0.05) is 46.0 Å². The van der Waals surface area contributed by atoms with Gasteiger partial charge in [-0.2, -0.15) is 0 Å². The van der Waals surface area contributed by atoms with E-state index in [0.29, 0.717) is 0 Å². The molecule has 6 rings (SSSR count). The zero-order chi connectivity index (χ0) is 23.1. The number of nitrogens with one attached hydrogen (secondary N) is 1. The molecular weight excluding hydrogens is 416 g/mol. The Bertz CT molecular complexity index is 1710. The molecule has 2 heterocycles. The lowest BCUT2D eigenvalue weighted by molar-refractivity contribution is 0.669. The van der Waals surface area contributed by atoms with Crippen LogP contribution < -0.4 is 15.9 Å². The van der Waals surface area contributed by atoms with E-state index in [-0.39, 0.29) is 0 Å². The summed E-state index contributed by atoms with van der Waals surface area (Å²) in [6.07, 6.45) is 16.2. The third-order valence-electron chi connectivity index (χ3n) is 6.75. The van der Waals surface area contributed by atoms with Crippen molar-refractivity contribution in [3.05, 3.63) is 89.6 Å². The van der Waals surface area contributed by atoms with E-state index in [1.165, 1.54) is 43.4 Å². The van der Waals surface area contributed by atoms with Gasteiger partial charge in [-0.1, -0.05) is 67.6 Å². The van der Waals surface area contributed by atoms with Gasteiger partial charge in [0.25, 0.3) is 0 Å². The van der Waals surface area contributed by atoms with E-state index in [2.05, 4.69) is 96.7 Å². The van der Waals surface area contributed by atoms with Crippen LogP contribution in [0.5, 0.6) is 0 Å². The second-order valence-corrected chi connectivity index (χ2v) is 8.88. The van der Waals surface area contributed by atoms with E-state index < -0.39 is 0 Å². The Hall–Kier alpha value is -3.98. The minimum atomic E-state index is 0.917. The van der Waals surface area contributed by atoms with Crippen LogP contribution in [0.4, 0.5) is 5.69 Å². The maximum atomic E-state index is 6.50. The highest BCUT2D eigenvalue weighted by Crippen LogP contribution is 2.38. The van der Waals surface area contributed by atoms with Crippen LogP contribution >= 0.6 is 0 Å². The van der Waals surface area contributed by atoms with E-state index in [9.17, 15) is 0 Å². The molecule has 2 aromatic heterocycles. The van der Waals surface area contributed by atoms with Crippen LogP contribution in [0.25, 0.3) is 56.1 Å². The van der Waals surface area contributed by atoms with Crippen LogP contribution in [0.1, 0.15) is 26.2 Å². The van der Waals surface area contributed by atoms with Gasteiger partial charge in [0.2, 0.25) is 0 Å². The number of aryl methyl sites for hydroxylation is 1. The van der Waals surface area contributed by atoms with Gasteiger partial charge in [-0.3, -0.25) is 0 Å². The van der Waals surface area contributed by atoms with Gasteiger partial charge in [-0.25, -0.2) is 0 Å². The van der Waals surface area contributed by atoms with Gasteiger partial charge in [0.15, 0.2) is 0 Å². The lowest BCUT2D eigenvalue weighted by Gasteiger charge is -2.07. The zero-order valence-electron chi connectivity index (χ0n) is 19.6. The molecule has 0 saturated heterocycles. The van der Waals surface area contributed by atoms with Crippen molar-refractivity contribution < 1.29 is 4.42 Å². The average Bonchev–Trinajstić information content (AvgIpc) is 3.39. The molecule has 0 unspecified atom stereocenters. The van der Waals surface area contributed by atoms with Gasteiger partial charge >= 0.3 is 0 Å². The van der Waals surface area contributed by atoms with Crippen LogP contribution in [-0.4, -0.2) is 4.57 Å². The normalized spacial score (nSPS) is 13.7. The number of benzene rings is 3. The van der Waals surface area contributed by atoms with Crippen molar-refractivity contribution in [3.8, 4) is 11.1 Å². The van der Waals surface area contributed by atoms with Crippen LogP contribution in [-0.2, 0) is 7.05 Å². The van der Waals surface area contributed by atoms with Gasteiger partial charge in [0.1, 0.15) is 11.2 Å². The van der Waals surface area contributed by atoms with Crippen molar-refractivity contribution in [2.75, 3.05) is 5.32 Å². The Balaban J connectivity index is 1.64. The molecule has 0 atom stereocenters. The van der Waals surface area contributed by atoms with Gasteiger partial charge in [-0.15, -0.1) is 0 Å². The van der Waals surface area contributed by atoms with Crippen molar-refractivity contribution in [1.29, 1.82) is 0 Å². The third-order valence-corrected chi connectivity index (χ3v) is 6.75. The molecule has 3 nitrogen and oxygen atoms in total. The first kappa shape index (κ1) is 20.6. The van der Waals surface area contributed by atoms with Crippen molar-refractivity contribution in [1.82, 2.24) is 4.57 Å². The van der Waals surface area contributed by atoms with Crippen LogP contribution in [0, 0.1) is 0 Å². The first-order valence-corrected chi connectivity index (χ1v) is 12.1. The fourth-order valence-electron chi connectivity index (χ4n) is 5.20. The lowest BCUT2D eigenvalue weighted by atomic mass is 10.0. The predicted molar refractivity (Wildman–Crippen MR) is 145 cm³/mol. The highest BCUT2D eigenvalue weighted by atomic mass is 16.3. The summed E-state index contributed by atoms with van der Waals surface area (Å²) >= 11 is 0. The van der Waals surface area contributed by atoms with Gasteiger partial charge in [-0.05, 0) is 48.6 Å². The van der Waals surface area contributed by atoms with Crippen molar-refractivity contribution in [2.45, 2.75) is 26.2 Å². The Morgan fingerprint density at radius 3 is 2.62 bits per heavy atom. The second kappa shape index (κ2) is 8.42. The Morgan fingerprint density at radius 1 is 0.912 bits per heavy atom. The minimum Gasteiger partial charge on any atom is -0.456 e. The molecule has 0 spiro atoms. The van der Waals surface area contributed by atoms with Crippen LogP contribution in [0.2, 0.25) is 0 Å². The molecule has 0 radical (unpaired) electrons. The van der Waals surface area contributed by atoms with Crippen LogP contribution in [0.15, 0.2) is 83.4 Å². The highest BCUT2D eigenvalue weighted by Gasteiger charge is 2.19. The summed E-state index contributed by atoms with van der Waals surface area (Å²) < 4.78 is 8.83. The molecule has 0 saturated carbocycles. The summed E-state index contributed by atoms with van der Waals surface area (Å²) in [5.74, 6) is 0. The number of rotatable bonds is 5. The molecule has 3 heteroatoms. The Kier molecular flexibility index (Phi) is 5.10. The number of hydrogen-bond acceptors (Lipinski definition) is 2. The Morgan fingerprint density at radius 2 is 1.76 bits per heavy atom. The number of fused-ring (bicyclic) bond motifs is 7. The van der Waals surface area contributed by atoms with E-state index in [1.54, 1.807) is 0 Å². The number of furan rings is 1. The van der Waals surface area contributed by atoms with E-state index in [4.69, 9.17) is 4.42 Å². The molecule has 34 heavy (non-hydrogen) atoms. The topological polar surface area (TPSA) is 30.1 Å². The quantitative estimate of drug-likeness (QED) is 0.296. The number of nitrogens with zero attached hydrogens (tertiary/aromatic N) is 1. The average molecular weight is 445 g/mol. The largest absolute Gasteiger partial charge is 0.456 e. The van der Waals surface area contributed by atoms with E-state index in [0.717, 1.165) is 36.1 Å². The summed E-state index contributed by atoms with van der Waals surface area (Å²) in [5, 5.41) is 9.79. The summed E-state index contributed by atoms with van der Waals surface area (Å²) in [5.41, 5.74) is 6.48. The number of anilines is 1. The molecule has 3 aromatic carbocycles. The SMILES string of the molecule is CC/C=C\C=C/Nc1cc2oc3cc(-c4ccccc4)ccc3c2c2c3c(n(C)c12)=CCCC=3. The summed E-state index contributed by atoms with van der Waals surface area (Å²) in [6, 6.07) is 19.2. The van der Waals surface area contributed by atoms with E-state index >= 15 is 0 Å². The van der Waals surface area contributed by atoms with Crippen molar-refractivity contribution in [2.24, 2.45) is 7.05 Å². The monoisotopic (exact) mass is 444 g/mol. The lowest BCUT2D eigenvalue weighted by Crippen LogP contribution is -2.29. The van der Waals surface area contributed by atoms with Crippen molar-refractivity contribution in [3.63, 3.8) is 0 Å². The molecule has 0 bridgehead atoms. The standard InChI is InChI=1S/C31H28N2O/c1-3-4-5-11-18-32-25-20-28-29(30-23-14-9-10-15-26(23)33(2)31(25)30)24-17-16-22(19-27(24)34-28)21-12-7-6-8-13-21/h4-8,11-20,32H,3,9-10H2,1-2H3/b5-4-,18-11-. The zero-order valence-corrected chi connectivity index (χ0v) is 19.6. The summed E-state index contributed by atoms with van der Waals surface area (Å²) in [6.45, 7) is 2.14. The smallest absolute Gasteiger partial charge is 0.138 e. The molecule has 0 amide bonds. The predicted octanol–water partition coefficient (Wildman–Crippen LogP) is 6.99. The maximum absolute atomic E-state index is 6.50. The van der Waals surface area contributed by atoms with Gasteiger partial charge in [0.05, 0.1) is 11.2 Å². The highest BCUT2D eigenvalue weighted by molar-refractivity contribution is 6.21. The molecular formula is C31H28N2O. The van der Waals surface area contributed by atoms with Crippen LogP contribution in [0.3, 0.4) is 0 Å². The van der Waals surface area contributed by atoms with Crippen molar-refractivity contribution >= 4 is 50.7 Å².